The van der Waals surface area contributed by atoms with Crippen molar-refractivity contribution in [2.75, 3.05) is 5.32 Å². The highest BCUT2D eigenvalue weighted by atomic mass is 35.5. The van der Waals surface area contributed by atoms with E-state index in [0.717, 1.165) is 22.3 Å². The van der Waals surface area contributed by atoms with Crippen LogP contribution in [-0.2, 0) is 16.1 Å². The molecule has 0 spiro atoms. The molecule has 0 atom stereocenters. The summed E-state index contributed by atoms with van der Waals surface area (Å²) >= 11 is 12.6. The van der Waals surface area contributed by atoms with Crippen LogP contribution in [0.3, 0.4) is 0 Å². The Kier molecular flexibility index (Phi) is 6.09. The van der Waals surface area contributed by atoms with Crippen molar-refractivity contribution in [1.29, 1.82) is 0 Å². The number of hydrogen-bond donors (Lipinski definition) is 1. The van der Waals surface area contributed by atoms with E-state index < -0.39 is 5.91 Å². The summed E-state index contributed by atoms with van der Waals surface area (Å²) < 4.78 is 0. The number of hydrogen-bond acceptors (Lipinski definition) is 3. The van der Waals surface area contributed by atoms with Gasteiger partial charge in [0, 0.05) is 15.7 Å². The fourth-order valence-corrected chi connectivity index (χ4v) is 4.17. The number of aryl methyl sites for hydroxylation is 3. The molecule has 0 unspecified atom stereocenters. The monoisotopic (exact) mass is 464 g/mol. The Morgan fingerprint density at radius 3 is 2.25 bits per heavy atom. The third kappa shape index (κ3) is 4.16. The predicted molar refractivity (Wildman–Crippen MR) is 130 cm³/mol. The largest absolute Gasteiger partial charge is 0.350 e. The summed E-state index contributed by atoms with van der Waals surface area (Å²) in [6, 6.07) is 18.5. The quantitative estimate of drug-likeness (QED) is 0.449. The van der Waals surface area contributed by atoms with Crippen LogP contribution in [0.2, 0.25) is 10.0 Å². The van der Waals surface area contributed by atoms with Gasteiger partial charge in [-0.15, -0.1) is 0 Å². The molecule has 6 heteroatoms. The molecule has 0 aliphatic carbocycles. The Labute approximate surface area is 197 Å². The van der Waals surface area contributed by atoms with Crippen LogP contribution in [0.25, 0.3) is 5.57 Å². The van der Waals surface area contributed by atoms with Crippen LogP contribution in [0, 0.1) is 20.8 Å². The van der Waals surface area contributed by atoms with Crippen molar-refractivity contribution in [3.63, 3.8) is 0 Å². The average Bonchev–Trinajstić information content (AvgIpc) is 2.97. The standard InChI is InChI=1S/C26H22Cl2N2O2/c1-15-8-11-20(17(3)12-15)23-24(29-19-10-9-16(2)22(28)13-19)26(32)30(25(23)31)14-18-6-4-5-7-21(18)27/h4-13,29H,14H2,1-3H3. The van der Waals surface area contributed by atoms with Gasteiger partial charge in [0.1, 0.15) is 5.70 Å². The molecule has 0 bridgehead atoms. The maximum Gasteiger partial charge on any atom is 0.278 e. The number of benzene rings is 3. The Morgan fingerprint density at radius 1 is 0.812 bits per heavy atom. The molecule has 0 fully saturated rings. The Hall–Kier alpha value is -3.08. The Balaban J connectivity index is 1.80. The molecule has 3 aromatic rings. The molecule has 0 aromatic heterocycles. The van der Waals surface area contributed by atoms with Crippen LogP contribution in [0.4, 0.5) is 5.69 Å². The van der Waals surface area contributed by atoms with Gasteiger partial charge in [0.2, 0.25) is 0 Å². The van der Waals surface area contributed by atoms with Gasteiger partial charge in [0.15, 0.2) is 0 Å². The number of rotatable bonds is 5. The molecule has 1 aliphatic heterocycles. The number of nitrogens with one attached hydrogen (secondary N) is 1. The highest BCUT2D eigenvalue weighted by Crippen LogP contribution is 2.34. The minimum Gasteiger partial charge on any atom is -0.350 e. The summed E-state index contributed by atoms with van der Waals surface area (Å²) in [5.74, 6) is -0.760. The van der Waals surface area contributed by atoms with E-state index in [1.807, 2.05) is 69.3 Å². The maximum absolute atomic E-state index is 13.5. The minimum absolute atomic E-state index is 0.0889. The van der Waals surface area contributed by atoms with Crippen molar-refractivity contribution in [2.45, 2.75) is 27.3 Å². The van der Waals surface area contributed by atoms with E-state index in [0.29, 0.717) is 26.9 Å². The number of carbonyl (C=O) groups excluding carboxylic acids is 2. The van der Waals surface area contributed by atoms with Crippen molar-refractivity contribution in [3.8, 4) is 0 Å². The average molecular weight is 465 g/mol. The Morgan fingerprint density at radius 2 is 1.56 bits per heavy atom. The van der Waals surface area contributed by atoms with Gasteiger partial charge in [0.25, 0.3) is 11.8 Å². The van der Waals surface area contributed by atoms with Gasteiger partial charge in [-0.2, -0.15) is 0 Å². The summed E-state index contributed by atoms with van der Waals surface area (Å²) in [5.41, 5.74) is 5.56. The van der Waals surface area contributed by atoms with E-state index in [4.69, 9.17) is 23.2 Å². The van der Waals surface area contributed by atoms with E-state index in [2.05, 4.69) is 5.32 Å². The van der Waals surface area contributed by atoms with E-state index in [1.54, 1.807) is 12.1 Å². The van der Waals surface area contributed by atoms with Gasteiger partial charge in [-0.05, 0) is 61.2 Å². The van der Waals surface area contributed by atoms with Crippen molar-refractivity contribution in [2.24, 2.45) is 0 Å². The number of carbonyl (C=O) groups is 2. The van der Waals surface area contributed by atoms with Gasteiger partial charge < -0.3 is 5.32 Å². The smallest absolute Gasteiger partial charge is 0.278 e. The number of halogens is 2. The zero-order valence-electron chi connectivity index (χ0n) is 18.0. The van der Waals surface area contributed by atoms with E-state index >= 15 is 0 Å². The molecule has 1 heterocycles. The third-order valence-corrected chi connectivity index (χ3v) is 6.32. The summed E-state index contributed by atoms with van der Waals surface area (Å²) in [6.45, 7) is 5.92. The lowest BCUT2D eigenvalue weighted by atomic mass is 9.97. The summed E-state index contributed by atoms with van der Waals surface area (Å²) in [7, 11) is 0. The summed E-state index contributed by atoms with van der Waals surface area (Å²) in [4.78, 5) is 28.2. The molecule has 0 radical (unpaired) electrons. The first kappa shape index (κ1) is 22.1. The highest BCUT2D eigenvalue weighted by Gasteiger charge is 2.40. The van der Waals surface area contributed by atoms with Gasteiger partial charge in [-0.3, -0.25) is 14.5 Å². The van der Waals surface area contributed by atoms with Crippen molar-refractivity contribution in [3.05, 3.63) is 104 Å². The molecular formula is C26H22Cl2N2O2. The fraction of sp³-hybridized carbons (Fsp3) is 0.154. The van der Waals surface area contributed by atoms with Crippen LogP contribution in [0.5, 0.6) is 0 Å². The van der Waals surface area contributed by atoms with Gasteiger partial charge in [-0.1, -0.05) is 71.2 Å². The molecule has 162 valence electrons. The SMILES string of the molecule is Cc1ccc(C2=C(Nc3ccc(C)c(Cl)c3)C(=O)N(Cc3ccccc3Cl)C2=O)c(C)c1. The second kappa shape index (κ2) is 8.81. The van der Waals surface area contributed by atoms with Gasteiger partial charge in [0.05, 0.1) is 12.1 Å². The summed E-state index contributed by atoms with van der Waals surface area (Å²) in [5, 5.41) is 4.24. The molecular weight excluding hydrogens is 443 g/mol. The molecule has 0 saturated carbocycles. The molecule has 32 heavy (non-hydrogen) atoms. The number of imide groups is 1. The van der Waals surface area contributed by atoms with Crippen LogP contribution in [-0.4, -0.2) is 16.7 Å². The lowest BCUT2D eigenvalue weighted by Crippen LogP contribution is -2.32. The minimum atomic E-state index is -0.401. The van der Waals surface area contributed by atoms with Crippen LogP contribution < -0.4 is 5.32 Å². The van der Waals surface area contributed by atoms with Gasteiger partial charge in [-0.25, -0.2) is 0 Å². The molecule has 4 nitrogen and oxygen atoms in total. The van der Waals surface area contributed by atoms with E-state index in [1.165, 1.54) is 4.90 Å². The zero-order valence-corrected chi connectivity index (χ0v) is 19.5. The topological polar surface area (TPSA) is 49.4 Å². The van der Waals surface area contributed by atoms with Crippen LogP contribution >= 0.6 is 23.2 Å². The summed E-state index contributed by atoms with van der Waals surface area (Å²) in [6.07, 6.45) is 0. The van der Waals surface area contributed by atoms with Crippen molar-refractivity contribution >= 4 is 46.3 Å². The molecule has 3 aromatic carbocycles. The molecule has 1 aliphatic rings. The first-order chi connectivity index (χ1) is 15.3. The van der Waals surface area contributed by atoms with Crippen LogP contribution in [0.1, 0.15) is 27.8 Å². The van der Waals surface area contributed by atoms with Crippen molar-refractivity contribution < 1.29 is 9.59 Å². The first-order valence-electron chi connectivity index (χ1n) is 10.2. The first-order valence-corrected chi connectivity index (χ1v) is 11.0. The number of anilines is 1. The third-order valence-electron chi connectivity index (χ3n) is 5.55. The predicted octanol–water partition coefficient (Wildman–Crippen LogP) is 6.31. The van der Waals surface area contributed by atoms with E-state index in [9.17, 15) is 9.59 Å². The van der Waals surface area contributed by atoms with Gasteiger partial charge >= 0.3 is 0 Å². The molecule has 2 amide bonds. The zero-order chi connectivity index (χ0) is 23.0. The van der Waals surface area contributed by atoms with E-state index in [-0.39, 0.29) is 18.1 Å². The highest BCUT2D eigenvalue weighted by molar-refractivity contribution is 6.37. The second-order valence-corrected chi connectivity index (χ2v) is 8.76. The fourth-order valence-electron chi connectivity index (χ4n) is 3.79. The number of nitrogens with zero attached hydrogens (tertiary/aromatic N) is 1. The maximum atomic E-state index is 13.5. The lowest BCUT2D eigenvalue weighted by Gasteiger charge is -2.16. The molecule has 0 saturated heterocycles. The normalized spacial score (nSPS) is 13.8. The second-order valence-electron chi connectivity index (χ2n) is 7.95. The number of amides is 2. The van der Waals surface area contributed by atoms with Crippen molar-refractivity contribution in [1.82, 2.24) is 4.90 Å². The molecule has 4 rings (SSSR count). The molecule has 1 N–H and O–H groups in total. The Bertz CT molecular complexity index is 1280. The van der Waals surface area contributed by atoms with Crippen LogP contribution in [0.15, 0.2) is 66.4 Å². The lowest BCUT2D eigenvalue weighted by molar-refractivity contribution is -0.137.